The van der Waals surface area contributed by atoms with Crippen molar-refractivity contribution in [3.05, 3.63) is 71.7 Å². The summed E-state index contributed by atoms with van der Waals surface area (Å²) in [5, 5.41) is 14.9. The van der Waals surface area contributed by atoms with Crippen molar-refractivity contribution in [3.8, 4) is 39.9 Å². The molecule has 5 rings (SSSR count). The van der Waals surface area contributed by atoms with Gasteiger partial charge in [0, 0.05) is 6.20 Å². The number of hydrogen-bond acceptors (Lipinski definition) is 7. The first kappa shape index (κ1) is 20.8. The van der Waals surface area contributed by atoms with E-state index < -0.39 is 29.0 Å². The fourth-order valence-electron chi connectivity index (χ4n) is 3.29. The molecule has 8 nitrogen and oxygen atoms in total. The molecule has 0 spiro atoms. The number of hydrogen-bond donors (Lipinski definition) is 0. The lowest BCUT2D eigenvalue weighted by Crippen LogP contribution is -2.15. The van der Waals surface area contributed by atoms with Crippen LogP contribution in [0.4, 0.5) is 17.6 Å². The summed E-state index contributed by atoms with van der Waals surface area (Å²) < 4.78 is 68.2. The molecule has 0 aliphatic rings. The van der Waals surface area contributed by atoms with Gasteiger partial charge in [0.1, 0.15) is 17.1 Å². The molecule has 0 saturated carbocycles. The van der Waals surface area contributed by atoms with Crippen LogP contribution in [-0.4, -0.2) is 30.1 Å². The fraction of sp³-hybridized carbons (Fsp3) is 0.0500. The Labute approximate surface area is 186 Å². The number of pyridine rings is 1. The number of rotatable bonds is 4. The maximum absolute atomic E-state index is 14.6. The van der Waals surface area contributed by atoms with E-state index in [0.29, 0.717) is 4.68 Å². The molecule has 0 fully saturated rings. The van der Waals surface area contributed by atoms with Crippen molar-refractivity contribution in [3.63, 3.8) is 0 Å². The van der Waals surface area contributed by atoms with Gasteiger partial charge in [-0.2, -0.15) is 18.3 Å². The molecule has 0 aliphatic heterocycles. The third-order valence-electron chi connectivity index (χ3n) is 4.61. The topological polar surface area (TPSA) is 95.7 Å². The van der Waals surface area contributed by atoms with Crippen LogP contribution in [0.25, 0.3) is 39.9 Å². The second-order valence-corrected chi connectivity index (χ2v) is 6.99. The molecule has 0 bridgehead atoms. The lowest BCUT2D eigenvalue weighted by molar-refractivity contribution is -0.142. The van der Waals surface area contributed by atoms with Crippen LogP contribution in [0.5, 0.6) is 0 Å². The number of halogens is 5. The number of aromatic nitrogens is 6. The summed E-state index contributed by atoms with van der Waals surface area (Å²) in [6.07, 6.45) is -1.66. The molecule has 0 amide bonds. The molecular formula is C20H9ClF4N6O2. The lowest BCUT2D eigenvalue weighted by Gasteiger charge is -2.11. The Bertz CT molecular complexity index is 1410. The van der Waals surface area contributed by atoms with Crippen molar-refractivity contribution in [1.82, 2.24) is 30.1 Å². The molecule has 5 aromatic rings. The average molecular weight is 477 g/mol. The highest BCUT2D eigenvalue weighted by atomic mass is 35.5. The number of nitrogens with zero attached hydrogens (tertiary/aromatic N) is 6. The van der Waals surface area contributed by atoms with Crippen LogP contribution in [0.3, 0.4) is 0 Å². The van der Waals surface area contributed by atoms with Crippen molar-refractivity contribution in [2.45, 2.75) is 6.18 Å². The summed E-state index contributed by atoms with van der Waals surface area (Å²) in [5.41, 5.74) is -2.27. The molecule has 0 aliphatic carbocycles. The minimum absolute atomic E-state index is 0.0455. The van der Waals surface area contributed by atoms with Gasteiger partial charge >= 0.3 is 6.18 Å². The van der Waals surface area contributed by atoms with Crippen LogP contribution < -0.4 is 0 Å². The SMILES string of the molecule is Fc1cccc(Cl)c1-c1noc(-c2cnn(-c3ccccn3)c2C(F)(F)F)c1-c1nnco1. The number of alkyl halides is 3. The molecule has 166 valence electrons. The summed E-state index contributed by atoms with van der Waals surface area (Å²) >= 11 is 6.15. The molecule has 0 saturated heterocycles. The van der Waals surface area contributed by atoms with Crippen molar-refractivity contribution < 1.29 is 26.5 Å². The van der Waals surface area contributed by atoms with E-state index in [0.717, 1.165) is 18.7 Å². The molecule has 1 aromatic carbocycles. The normalized spacial score (nSPS) is 11.8. The van der Waals surface area contributed by atoms with Crippen molar-refractivity contribution in [2.75, 3.05) is 0 Å². The highest BCUT2D eigenvalue weighted by molar-refractivity contribution is 6.33. The Balaban J connectivity index is 1.80. The lowest BCUT2D eigenvalue weighted by atomic mass is 10.0. The largest absolute Gasteiger partial charge is 0.434 e. The molecule has 4 heterocycles. The van der Waals surface area contributed by atoms with Crippen LogP contribution in [0.1, 0.15) is 5.69 Å². The molecule has 0 radical (unpaired) electrons. The van der Waals surface area contributed by atoms with Gasteiger partial charge in [0.25, 0.3) is 5.89 Å². The second-order valence-electron chi connectivity index (χ2n) is 6.58. The van der Waals surface area contributed by atoms with Gasteiger partial charge in [-0.1, -0.05) is 28.9 Å². The van der Waals surface area contributed by atoms with E-state index in [9.17, 15) is 17.6 Å². The average Bonchev–Trinajstić information content (AvgIpc) is 3.52. The van der Waals surface area contributed by atoms with Crippen molar-refractivity contribution in [2.24, 2.45) is 0 Å². The molecule has 0 atom stereocenters. The van der Waals surface area contributed by atoms with E-state index in [4.69, 9.17) is 20.5 Å². The van der Waals surface area contributed by atoms with Gasteiger partial charge in [-0.15, -0.1) is 10.2 Å². The zero-order chi connectivity index (χ0) is 23.2. The molecule has 4 aromatic heterocycles. The molecular weight excluding hydrogens is 468 g/mol. The van der Waals surface area contributed by atoms with Crippen LogP contribution in [-0.2, 0) is 6.18 Å². The predicted molar refractivity (Wildman–Crippen MR) is 106 cm³/mol. The maximum atomic E-state index is 14.6. The zero-order valence-electron chi connectivity index (χ0n) is 16.1. The van der Waals surface area contributed by atoms with Gasteiger partial charge in [0.15, 0.2) is 17.3 Å². The Kier molecular flexibility index (Phi) is 4.93. The van der Waals surface area contributed by atoms with Crippen molar-refractivity contribution in [1.29, 1.82) is 0 Å². The zero-order valence-corrected chi connectivity index (χ0v) is 16.8. The Morgan fingerprint density at radius 3 is 2.55 bits per heavy atom. The predicted octanol–water partition coefficient (Wildman–Crippen LogP) is 5.45. The smallest absolute Gasteiger partial charge is 0.423 e. The first-order valence-electron chi connectivity index (χ1n) is 9.14. The Morgan fingerprint density at radius 2 is 1.88 bits per heavy atom. The quantitative estimate of drug-likeness (QED) is 0.318. The molecule has 0 unspecified atom stereocenters. The number of benzene rings is 1. The fourth-order valence-corrected chi connectivity index (χ4v) is 3.54. The van der Waals surface area contributed by atoms with Gasteiger partial charge in [0.05, 0.1) is 22.3 Å². The first-order chi connectivity index (χ1) is 15.9. The van der Waals surface area contributed by atoms with E-state index in [1.165, 1.54) is 30.5 Å². The van der Waals surface area contributed by atoms with Crippen LogP contribution in [0.15, 0.2) is 64.1 Å². The standard InChI is InChI=1S/C20H9ClF4N6O2/c21-11-4-3-5-12(22)14(11)16-15(19-29-27-9-32-19)17(33-30-16)10-8-28-31(18(10)20(23,24)25)13-6-1-2-7-26-13/h1-9H. The van der Waals surface area contributed by atoms with Gasteiger partial charge < -0.3 is 8.94 Å². The summed E-state index contributed by atoms with van der Waals surface area (Å²) in [6, 6.07) is 8.30. The van der Waals surface area contributed by atoms with Crippen LogP contribution in [0.2, 0.25) is 5.02 Å². The first-order valence-corrected chi connectivity index (χ1v) is 9.51. The Morgan fingerprint density at radius 1 is 1.03 bits per heavy atom. The van der Waals surface area contributed by atoms with E-state index in [-0.39, 0.29) is 33.6 Å². The second kappa shape index (κ2) is 7.81. The maximum Gasteiger partial charge on any atom is 0.434 e. The monoisotopic (exact) mass is 476 g/mol. The van der Waals surface area contributed by atoms with Gasteiger partial charge in [-0.25, -0.2) is 14.1 Å². The van der Waals surface area contributed by atoms with E-state index in [2.05, 4.69) is 25.4 Å². The van der Waals surface area contributed by atoms with E-state index >= 15 is 0 Å². The highest BCUT2D eigenvalue weighted by Gasteiger charge is 2.42. The summed E-state index contributed by atoms with van der Waals surface area (Å²) in [4.78, 5) is 3.92. The van der Waals surface area contributed by atoms with Gasteiger partial charge in [-0.05, 0) is 24.3 Å². The minimum atomic E-state index is -4.88. The van der Waals surface area contributed by atoms with Crippen LogP contribution in [0, 0.1) is 5.82 Å². The summed E-state index contributed by atoms with van der Waals surface area (Å²) in [5.74, 6) is -1.52. The van der Waals surface area contributed by atoms with E-state index in [1.54, 1.807) is 6.07 Å². The molecule has 0 N–H and O–H groups in total. The molecule has 33 heavy (non-hydrogen) atoms. The minimum Gasteiger partial charge on any atom is -0.423 e. The summed E-state index contributed by atoms with van der Waals surface area (Å²) in [6.45, 7) is 0. The van der Waals surface area contributed by atoms with Gasteiger partial charge in [-0.3, -0.25) is 0 Å². The van der Waals surface area contributed by atoms with Crippen LogP contribution >= 0.6 is 11.6 Å². The van der Waals surface area contributed by atoms with Crippen molar-refractivity contribution >= 4 is 11.6 Å². The summed E-state index contributed by atoms with van der Waals surface area (Å²) in [7, 11) is 0. The third-order valence-corrected chi connectivity index (χ3v) is 4.93. The third kappa shape index (κ3) is 3.53. The molecule has 13 heteroatoms. The Hall–Kier alpha value is -4.06. The van der Waals surface area contributed by atoms with E-state index in [1.807, 2.05) is 0 Å². The van der Waals surface area contributed by atoms with Gasteiger partial charge in [0.2, 0.25) is 6.39 Å². The highest BCUT2D eigenvalue weighted by Crippen LogP contribution is 2.46.